The molecular formula is C45H46O16. The molecule has 322 valence electrons. The Bertz CT molecular complexity index is 2390. The lowest BCUT2D eigenvalue weighted by molar-refractivity contribution is -0.271. The minimum Gasteiger partial charge on any atom is -0.508 e. The summed E-state index contributed by atoms with van der Waals surface area (Å²) in [4.78, 5) is 27.5. The third-order valence-corrected chi connectivity index (χ3v) is 10.9. The molecular weight excluding hydrogens is 796 g/mol. The van der Waals surface area contributed by atoms with Crippen LogP contribution >= 0.6 is 0 Å². The maximum atomic E-state index is 15.5. The molecule has 8 atom stereocenters. The zero-order valence-electron chi connectivity index (χ0n) is 32.8. The largest absolute Gasteiger partial charge is 0.508 e. The topological polar surface area (TPSA) is 295 Å². The van der Waals surface area contributed by atoms with Crippen LogP contribution < -0.4 is 4.74 Å². The molecule has 61 heavy (non-hydrogen) atoms. The average Bonchev–Trinajstić information content (AvgIpc) is 3.19. The summed E-state index contributed by atoms with van der Waals surface area (Å²) in [5.74, 6) is -9.17. The second-order valence-corrected chi connectivity index (χ2v) is 15.3. The molecule has 0 bridgehead atoms. The first kappa shape index (κ1) is 44.0. The van der Waals surface area contributed by atoms with Crippen LogP contribution in [-0.2, 0) is 16.0 Å². The standard InChI is InChI=1S/C45H46O16/c1-20(2)3-9-27-31(49)12-11-28(42(27)60-45-41(57)39(55)40(56)43(61-45)44(58)59)38(54)36-29(26-10-8-25(48)18-33(26)51)13-22(19-46)14-30(36)37-34(52)15-21(16-35(37)53)4-5-23-6-7-24(47)17-32(23)50/h3-8,10-12,14-18,29-30,36,39-41,43,45-53,55-57H,9,13,19H2,1-2H3,(H,58,59)/b5-4+. The van der Waals surface area contributed by atoms with Crippen LogP contribution in [0.5, 0.6) is 46.0 Å². The number of carbonyl (C=O) groups is 2. The lowest BCUT2D eigenvalue weighted by atomic mass is 9.65. The van der Waals surface area contributed by atoms with Crippen molar-refractivity contribution in [3.8, 4) is 46.0 Å². The minimum absolute atomic E-state index is 0.0279. The van der Waals surface area contributed by atoms with Crippen LogP contribution in [0, 0.1) is 5.92 Å². The number of rotatable bonds is 12. The van der Waals surface area contributed by atoms with Gasteiger partial charge in [0.1, 0.15) is 64.3 Å². The first-order chi connectivity index (χ1) is 28.9. The van der Waals surface area contributed by atoms with Gasteiger partial charge < -0.3 is 70.8 Å². The van der Waals surface area contributed by atoms with E-state index in [4.69, 9.17) is 9.47 Å². The Hall–Kier alpha value is -6.56. The van der Waals surface area contributed by atoms with E-state index < -0.39 is 89.8 Å². The number of aliphatic hydroxyl groups excluding tert-OH is 4. The Kier molecular flexibility index (Phi) is 13.0. The molecule has 2 aliphatic rings. The number of ketones is 1. The Morgan fingerprint density at radius 2 is 1.43 bits per heavy atom. The van der Waals surface area contributed by atoms with Gasteiger partial charge in [-0.2, -0.15) is 0 Å². The molecule has 1 aliphatic heterocycles. The predicted molar refractivity (Wildman–Crippen MR) is 218 cm³/mol. The van der Waals surface area contributed by atoms with Crippen LogP contribution in [0.15, 0.2) is 84.0 Å². The summed E-state index contributed by atoms with van der Waals surface area (Å²) in [6, 6.07) is 12.6. The van der Waals surface area contributed by atoms with Crippen LogP contribution in [0.25, 0.3) is 12.2 Å². The minimum atomic E-state index is -2.08. The monoisotopic (exact) mass is 842 g/mol. The maximum Gasteiger partial charge on any atom is 0.335 e. The fraction of sp³-hybridized carbons (Fsp3) is 0.289. The molecule has 16 heteroatoms. The lowest BCUT2D eigenvalue weighted by Crippen LogP contribution is -2.61. The van der Waals surface area contributed by atoms with Crippen LogP contribution in [0.2, 0.25) is 0 Å². The van der Waals surface area contributed by atoms with Crippen molar-refractivity contribution in [1.29, 1.82) is 0 Å². The van der Waals surface area contributed by atoms with E-state index in [0.29, 0.717) is 11.1 Å². The van der Waals surface area contributed by atoms with Crippen molar-refractivity contribution in [1.82, 2.24) is 0 Å². The van der Waals surface area contributed by atoms with E-state index in [-0.39, 0.29) is 63.7 Å². The highest BCUT2D eigenvalue weighted by molar-refractivity contribution is 6.02. The van der Waals surface area contributed by atoms with Crippen molar-refractivity contribution in [3.05, 3.63) is 117 Å². The Labute approximate surface area is 348 Å². The van der Waals surface area contributed by atoms with Gasteiger partial charge in [0.2, 0.25) is 6.29 Å². The summed E-state index contributed by atoms with van der Waals surface area (Å²) in [7, 11) is 0. The summed E-state index contributed by atoms with van der Waals surface area (Å²) < 4.78 is 11.5. The van der Waals surface area contributed by atoms with Gasteiger partial charge in [-0.25, -0.2) is 4.79 Å². The van der Waals surface area contributed by atoms with Gasteiger partial charge in [0.25, 0.3) is 0 Å². The van der Waals surface area contributed by atoms with Crippen LogP contribution in [0.4, 0.5) is 0 Å². The molecule has 6 rings (SSSR count). The van der Waals surface area contributed by atoms with E-state index in [1.165, 1.54) is 66.8 Å². The fourth-order valence-electron chi connectivity index (χ4n) is 7.80. The molecule has 0 radical (unpaired) electrons. The highest BCUT2D eigenvalue weighted by atomic mass is 16.7. The number of carboxylic acids is 1. The number of aliphatic hydroxyl groups is 4. The van der Waals surface area contributed by atoms with Crippen LogP contribution in [0.1, 0.15) is 70.3 Å². The Morgan fingerprint density at radius 3 is 2.03 bits per heavy atom. The van der Waals surface area contributed by atoms with Crippen LogP contribution in [-0.4, -0.2) is 110 Å². The summed E-state index contributed by atoms with van der Waals surface area (Å²) >= 11 is 0. The normalized spacial score (nSPS) is 23.9. The molecule has 0 saturated carbocycles. The molecule has 4 aromatic carbocycles. The van der Waals surface area contributed by atoms with Gasteiger partial charge in [0.05, 0.1) is 12.2 Å². The highest BCUT2D eigenvalue weighted by Crippen LogP contribution is 2.53. The maximum absolute atomic E-state index is 15.5. The van der Waals surface area contributed by atoms with Gasteiger partial charge in [0, 0.05) is 46.6 Å². The van der Waals surface area contributed by atoms with Gasteiger partial charge >= 0.3 is 5.97 Å². The third kappa shape index (κ3) is 9.13. The predicted octanol–water partition coefficient (Wildman–Crippen LogP) is 4.26. The number of aromatic hydroxyl groups is 7. The van der Waals surface area contributed by atoms with Gasteiger partial charge in [-0.3, -0.25) is 4.79 Å². The molecule has 4 aromatic rings. The number of hydrogen-bond acceptors (Lipinski definition) is 15. The molecule has 1 aliphatic carbocycles. The molecule has 1 fully saturated rings. The number of ether oxygens (including phenoxy) is 2. The number of carboxylic acid groups (broad SMARTS) is 1. The summed E-state index contributed by atoms with van der Waals surface area (Å²) in [6.07, 6.45) is -4.36. The highest BCUT2D eigenvalue weighted by Gasteiger charge is 2.49. The average molecular weight is 843 g/mol. The Balaban J connectivity index is 1.54. The molecule has 0 amide bonds. The van der Waals surface area contributed by atoms with Crippen molar-refractivity contribution in [2.24, 2.45) is 5.92 Å². The molecule has 1 heterocycles. The van der Waals surface area contributed by atoms with E-state index in [9.17, 15) is 66.1 Å². The summed E-state index contributed by atoms with van der Waals surface area (Å²) in [6.45, 7) is 2.99. The van der Waals surface area contributed by atoms with Crippen molar-refractivity contribution < 1.29 is 80.3 Å². The second-order valence-electron chi connectivity index (χ2n) is 15.3. The van der Waals surface area contributed by atoms with Gasteiger partial charge in [-0.1, -0.05) is 35.9 Å². The number of aliphatic carboxylic acids is 1. The number of allylic oxidation sites excluding steroid dienone is 3. The third-order valence-electron chi connectivity index (χ3n) is 10.9. The van der Waals surface area contributed by atoms with E-state index in [2.05, 4.69) is 0 Å². The van der Waals surface area contributed by atoms with E-state index in [1.54, 1.807) is 19.9 Å². The number of phenols is 7. The molecule has 1 saturated heterocycles. The smallest absolute Gasteiger partial charge is 0.335 e. The van der Waals surface area contributed by atoms with E-state index in [0.717, 1.165) is 17.7 Å². The van der Waals surface area contributed by atoms with E-state index >= 15 is 4.79 Å². The SMILES string of the molecule is CC(C)=CCc1c(O)ccc(C(=O)C2C(c3c(O)cc(/C=C/c4ccc(O)cc4O)cc3O)C=C(CO)CC2c2ccc(O)cc2O)c1OC1OC(C(=O)O)C(O)C(O)C1O. The Morgan fingerprint density at radius 1 is 0.770 bits per heavy atom. The summed E-state index contributed by atoms with van der Waals surface area (Å²) in [5.41, 5.74) is 1.32. The number of phenolic OH excluding ortho intramolecular Hbond substituents is 7. The second kappa shape index (κ2) is 18.0. The molecule has 0 spiro atoms. The molecule has 16 nitrogen and oxygen atoms in total. The summed E-state index contributed by atoms with van der Waals surface area (Å²) in [5, 5.41) is 128. The number of Topliss-reactive ketones (excluding diaryl/α,β-unsaturated/α-hetero) is 1. The lowest BCUT2D eigenvalue weighted by Gasteiger charge is -2.40. The molecule has 12 N–H and O–H groups in total. The van der Waals surface area contributed by atoms with Gasteiger partial charge in [-0.05, 0) is 85.9 Å². The number of benzene rings is 4. The number of hydrogen-bond donors (Lipinski definition) is 12. The zero-order chi connectivity index (χ0) is 44.4. The fourth-order valence-corrected chi connectivity index (χ4v) is 7.80. The molecule has 0 aromatic heterocycles. The van der Waals surface area contributed by atoms with Crippen LogP contribution in [0.3, 0.4) is 0 Å². The van der Waals surface area contributed by atoms with Gasteiger partial charge in [0.15, 0.2) is 11.9 Å². The van der Waals surface area contributed by atoms with Crippen molar-refractivity contribution in [3.63, 3.8) is 0 Å². The molecule has 8 unspecified atom stereocenters. The number of carbonyl (C=O) groups excluding carboxylic acids is 1. The first-order valence-corrected chi connectivity index (χ1v) is 19.1. The van der Waals surface area contributed by atoms with Crippen molar-refractivity contribution in [2.75, 3.05) is 6.61 Å². The van der Waals surface area contributed by atoms with E-state index in [1.807, 2.05) is 0 Å². The van der Waals surface area contributed by atoms with Gasteiger partial charge in [-0.15, -0.1) is 0 Å². The van der Waals surface area contributed by atoms with Crippen molar-refractivity contribution in [2.45, 2.75) is 69.2 Å². The quantitative estimate of drug-likeness (QED) is 0.0539. The first-order valence-electron chi connectivity index (χ1n) is 19.1. The van der Waals surface area contributed by atoms with Crippen molar-refractivity contribution >= 4 is 23.9 Å². The zero-order valence-corrected chi connectivity index (χ0v) is 32.8.